The van der Waals surface area contributed by atoms with Crippen molar-refractivity contribution in [3.63, 3.8) is 0 Å². The van der Waals surface area contributed by atoms with Gasteiger partial charge in [0, 0.05) is 25.8 Å². The van der Waals surface area contributed by atoms with Crippen molar-refractivity contribution in [2.24, 2.45) is 5.73 Å². The molecular weight excluding hydrogens is 260 g/mol. The molecule has 1 aliphatic heterocycles. The van der Waals surface area contributed by atoms with Gasteiger partial charge in [-0.25, -0.2) is 0 Å². The van der Waals surface area contributed by atoms with Gasteiger partial charge in [0.05, 0.1) is 11.7 Å². The predicted octanol–water partition coefficient (Wildman–Crippen LogP) is 0.426. The van der Waals surface area contributed by atoms with E-state index in [1.165, 1.54) is 0 Å². The Morgan fingerprint density at radius 1 is 1.68 bits per heavy atom. The van der Waals surface area contributed by atoms with Gasteiger partial charge in [-0.2, -0.15) is 0 Å². The molecule has 2 rings (SSSR count). The summed E-state index contributed by atoms with van der Waals surface area (Å²) in [7, 11) is 0. The monoisotopic (exact) mass is 278 g/mol. The van der Waals surface area contributed by atoms with E-state index in [2.05, 4.69) is 15.2 Å². The smallest absolute Gasteiger partial charge is 0.237 e. The van der Waals surface area contributed by atoms with Crippen molar-refractivity contribution in [2.75, 3.05) is 13.1 Å². The maximum Gasteiger partial charge on any atom is 0.237 e. The minimum absolute atomic E-state index is 0.0600. The zero-order valence-electron chi connectivity index (χ0n) is 10.9. The maximum atomic E-state index is 11.8. The van der Waals surface area contributed by atoms with Gasteiger partial charge < -0.3 is 11.1 Å². The van der Waals surface area contributed by atoms with Crippen LogP contribution in [0.25, 0.3) is 0 Å². The van der Waals surface area contributed by atoms with Crippen LogP contribution >= 0.6 is 12.2 Å². The van der Waals surface area contributed by atoms with Crippen molar-refractivity contribution >= 4 is 23.1 Å². The summed E-state index contributed by atoms with van der Waals surface area (Å²) in [5.74, 6) is 0.109. The molecule has 3 N–H and O–H groups in total. The van der Waals surface area contributed by atoms with Crippen LogP contribution < -0.4 is 11.1 Å². The molecule has 1 aliphatic rings. The van der Waals surface area contributed by atoms with E-state index >= 15 is 0 Å². The molecule has 1 unspecified atom stereocenters. The van der Waals surface area contributed by atoms with Crippen LogP contribution in [0.15, 0.2) is 18.3 Å². The average molecular weight is 278 g/mol. The van der Waals surface area contributed by atoms with E-state index in [9.17, 15) is 4.79 Å². The summed E-state index contributed by atoms with van der Waals surface area (Å²) >= 11 is 4.93. The molecule has 6 heteroatoms. The van der Waals surface area contributed by atoms with Gasteiger partial charge in [0.15, 0.2) is 0 Å². The first-order valence-electron chi connectivity index (χ1n) is 6.38. The lowest BCUT2D eigenvalue weighted by Crippen LogP contribution is -2.54. The standard InChI is InChI=1S/C13H18N4OS/c1-2-11-13(18)16-5-6-17(11)8-9-3-4-15-10(7-9)12(14)19/h3-4,7,11H,2,5-6,8H2,1H3,(H2,14,19)(H,16,18). The Labute approximate surface area is 118 Å². The molecule has 102 valence electrons. The van der Waals surface area contributed by atoms with Crippen molar-refractivity contribution in [3.05, 3.63) is 29.6 Å². The van der Waals surface area contributed by atoms with Crippen LogP contribution in [-0.4, -0.2) is 39.9 Å². The molecule has 1 saturated heterocycles. The molecule has 1 amide bonds. The molecule has 2 heterocycles. The number of carbonyl (C=O) groups excluding carboxylic acids is 1. The molecule has 19 heavy (non-hydrogen) atoms. The normalized spacial score (nSPS) is 20.1. The van der Waals surface area contributed by atoms with E-state index in [1.807, 2.05) is 19.1 Å². The topological polar surface area (TPSA) is 71.2 Å². The maximum absolute atomic E-state index is 11.8. The molecule has 5 nitrogen and oxygen atoms in total. The molecular formula is C13H18N4OS. The first-order valence-corrected chi connectivity index (χ1v) is 6.79. The van der Waals surface area contributed by atoms with Gasteiger partial charge in [0.2, 0.25) is 5.91 Å². The van der Waals surface area contributed by atoms with Crippen molar-refractivity contribution in [3.8, 4) is 0 Å². The SMILES string of the molecule is CCC1C(=O)NCCN1Cc1ccnc(C(N)=S)c1. The lowest BCUT2D eigenvalue weighted by molar-refractivity contribution is -0.129. The number of amides is 1. The van der Waals surface area contributed by atoms with E-state index in [0.29, 0.717) is 23.8 Å². The quantitative estimate of drug-likeness (QED) is 0.781. The molecule has 0 saturated carbocycles. The van der Waals surface area contributed by atoms with Gasteiger partial charge in [0.1, 0.15) is 4.99 Å². The summed E-state index contributed by atoms with van der Waals surface area (Å²) < 4.78 is 0. The zero-order chi connectivity index (χ0) is 13.8. The number of thiocarbonyl (C=S) groups is 1. The van der Waals surface area contributed by atoms with Crippen LogP contribution in [0, 0.1) is 0 Å². The number of aromatic nitrogens is 1. The Balaban J connectivity index is 2.13. The van der Waals surface area contributed by atoms with Gasteiger partial charge in [-0.3, -0.25) is 14.7 Å². The highest BCUT2D eigenvalue weighted by atomic mass is 32.1. The molecule has 1 aromatic heterocycles. The van der Waals surface area contributed by atoms with Crippen LogP contribution in [0.1, 0.15) is 24.6 Å². The Kier molecular flexibility index (Phi) is 4.44. The summed E-state index contributed by atoms with van der Waals surface area (Å²) in [6, 6.07) is 3.76. The van der Waals surface area contributed by atoms with Crippen molar-refractivity contribution in [2.45, 2.75) is 25.9 Å². The van der Waals surface area contributed by atoms with Crippen molar-refractivity contribution < 1.29 is 4.79 Å². The van der Waals surface area contributed by atoms with Gasteiger partial charge in [-0.15, -0.1) is 0 Å². The van der Waals surface area contributed by atoms with Gasteiger partial charge >= 0.3 is 0 Å². The third-order valence-corrected chi connectivity index (χ3v) is 3.50. The summed E-state index contributed by atoms with van der Waals surface area (Å²) in [5.41, 5.74) is 7.28. The van der Waals surface area contributed by atoms with E-state index in [-0.39, 0.29) is 11.9 Å². The van der Waals surface area contributed by atoms with E-state index in [1.54, 1.807) is 6.20 Å². The summed E-state index contributed by atoms with van der Waals surface area (Å²) in [6.07, 6.45) is 2.51. The van der Waals surface area contributed by atoms with Crippen molar-refractivity contribution in [1.82, 2.24) is 15.2 Å². The van der Waals surface area contributed by atoms with Crippen LogP contribution in [-0.2, 0) is 11.3 Å². The number of piperazine rings is 1. The summed E-state index contributed by atoms with van der Waals surface area (Å²) in [5, 5.41) is 2.89. The fraction of sp³-hybridized carbons (Fsp3) is 0.462. The van der Waals surface area contributed by atoms with Crippen LogP contribution in [0.2, 0.25) is 0 Å². The van der Waals surface area contributed by atoms with Crippen LogP contribution in [0.4, 0.5) is 0 Å². The molecule has 1 aromatic rings. The number of nitrogens with two attached hydrogens (primary N) is 1. The number of carbonyl (C=O) groups is 1. The number of hydrogen-bond acceptors (Lipinski definition) is 4. The highest BCUT2D eigenvalue weighted by Gasteiger charge is 2.27. The highest BCUT2D eigenvalue weighted by molar-refractivity contribution is 7.80. The van der Waals surface area contributed by atoms with Gasteiger partial charge in [0.25, 0.3) is 0 Å². The van der Waals surface area contributed by atoms with Crippen LogP contribution in [0.5, 0.6) is 0 Å². The lowest BCUT2D eigenvalue weighted by Gasteiger charge is -2.34. The second kappa shape index (κ2) is 6.08. The number of rotatable bonds is 4. The van der Waals surface area contributed by atoms with Gasteiger partial charge in [-0.1, -0.05) is 19.1 Å². The lowest BCUT2D eigenvalue weighted by atomic mass is 10.1. The second-order valence-corrected chi connectivity index (χ2v) is 5.04. The molecule has 0 aromatic carbocycles. The molecule has 1 fully saturated rings. The fourth-order valence-electron chi connectivity index (χ4n) is 2.34. The van der Waals surface area contributed by atoms with E-state index in [0.717, 1.165) is 18.5 Å². The Bertz CT molecular complexity index is 491. The number of hydrogen-bond donors (Lipinski definition) is 2. The highest BCUT2D eigenvalue weighted by Crippen LogP contribution is 2.13. The Hall–Kier alpha value is -1.53. The number of pyridine rings is 1. The number of nitrogens with zero attached hydrogens (tertiary/aromatic N) is 2. The first kappa shape index (κ1) is 13.9. The summed E-state index contributed by atoms with van der Waals surface area (Å²) in [6.45, 7) is 4.29. The minimum atomic E-state index is -0.0600. The van der Waals surface area contributed by atoms with Gasteiger partial charge in [-0.05, 0) is 24.1 Å². The molecule has 0 aliphatic carbocycles. The Morgan fingerprint density at radius 3 is 3.16 bits per heavy atom. The molecule has 0 spiro atoms. The number of nitrogens with one attached hydrogen (secondary N) is 1. The van der Waals surface area contributed by atoms with Crippen LogP contribution in [0.3, 0.4) is 0 Å². The predicted molar refractivity (Wildman–Crippen MR) is 77.6 cm³/mol. The second-order valence-electron chi connectivity index (χ2n) is 4.60. The fourth-order valence-corrected chi connectivity index (χ4v) is 2.45. The largest absolute Gasteiger partial charge is 0.388 e. The minimum Gasteiger partial charge on any atom is -0.388 e. The molecule has 0 radical (unpaired) electrons. The van der Waals surface area contributed by atoms with E-state index < -0.39 is 0 Å². The first-order chi connectivity index (χ1) is 9.11. The average Bonchev–Trinajstić information content (AvgIpc) is 2.39. The third kappa shape index (κ3) is 3.27. The molecule has 1 atom stereocenters. The van der Waals surface area contributed by atoms with E-state index in [4.69, 9.17) is 18.0 Å². The summed E-state index contributed by atoms with van der Waals surface area (Å²) in [4.78, 5) is 18.4. The Morgan fingerprint density at radius 2 is 2.47 bits per heavy atom. The zero-order valence-corrected chi connectivity index (χ0v) is 11.7. The molecule has 0 bridgehead atoms. The van der Waals surface area contributed by atoms with Crippen molar-refractivity contribution in [1.29, 1.82) is 0 Å². The third-order valence-electron chi connectivity index (χ3n) is 3.29.